The van der Waals surface area contributed by atoms with Gasteiger partial charge >= 0.3 is 0 Å². The molecule has 6 nitrogen and oxygen atoms in total. The fraction of sp³-hybridized carbons (Fsp3) is 0.391. The number of likely N-dealkylation sites (tertiary alicyclic amines) is 1. The van der Waals surface area contributed by atoms with Crippen LogP contribution in [0.15, 0.2) is 48.5 Å². The van der Waals surface area contributed by atoms with Gasteiger partial charge < -0.3 is 4.74 Å². The molecule has 30 heavy (non-hydrogen) atoms. The minimum absolute atomic E-state index is 0.0269. The Morgan fingerprint density at radius 1 is 1.00 bits per heavy atom. The molecule has 0 bridgehead atoms. The van der Waals surface area contributed by atoms with Crippen molar-refractivity contribution in [1.82, 2.24) is 4.90 Å². The molecule has 3 aliphatic heterocycles. The lowest BCUT2D eigenvalue weighted by Gasteiger charge is -2.35. The van der Waals surface area contributed by atoms with Gasteiger partial charge in [-0.25, -0.2) is 0 Å². The maximum Gasteiger partial charge on any atom is 0.269 e. The van der Waals surface area contributed by atoms with E-state index >= 15 is 0 Å². The first-order valence-electron chi connectivity index (χ1n) is 10.4. The highest BCUT2D eigenvalue weighted by Gasteiger charge is 2.61. The number of para-hydroxylation sites is 1. The zero-order valence-corrected chi connectivity index (χ0v) is 17.9. The van der Waals surface area contributed by atoms with E-state index in [2.05, 4.69) is 4.90 Å². The second-order valence-electron chi connectivity index (χ2n) is 7.93. The first-order chi connectivity index (χ1) is 14.6. The zero-order chi connectivity index (χ0) is 20.7. The molecule has 2 amide bonds. The number of anilines is 2. The summed E-state index contributed by atoms with van der Waals surface area (Å²) in [4.78, 5) is 31.9. The molecular formula is C23H25N3O3S. The fourth-order valence-corrected chi connectivity index (χ4v) is 6.09. The van der Waals surface area contributed by atoms with E-state index in [-0.39, 0.29) is 17.6 Å². The second kappa shape index (κ2) is 7.63. The zero-order valence-electron chi connectivity index (χ0n) is 17.0. The van der Waals surface area contributed by atoms with E-state index in [1.165, 1.54) is 31.0 Å². The number of benzene rings is 2. The van der Waals surface area contributed by atoms with E-state index < -0.39 is 4.87 Å². The van der Waals surface area contributed by atoms with Gasteiger partial charge in [-0.15, -0.1) is 11.8 Å². The van der Waals surface area contributed by atoms with Gasteiger partial charge in [0.1, 0.15) is 5.75 Å². The average molecular weight is 424 g/mol. The van der Waals surface area contributed by atoms with Crippen LogP contribution in [0.3, 0.4) is 0 Å². The van der Waals surface area contributed by atoms with Crippen molar-refractivity contribution in [3.05, 3.63) is 54.1 Å². The number of hydrogen-bond donors (Lipinski definition) is 0. The molecule has 0 aliphatic carbocycles. The van der Waals surface area contributed by atoms with Gasteiger partial charge in [-0.05, 0) is 56.3 Å². The fourth-order valence-electron chi connectivity index (χ4n) is 4.73. The van der Waals surface area contributed by atoms with Crippen LogP contribution in [-0.2, 0) is 14.5 Å². The first kappa shape index (κ1) is 19.5. The highest BCUT2D eigenvalue weighted by molar-refractivity contribution is 8.02. The Labute approximate surface area is 180 Å². The smallest absolute Gasteiger partial charge is 0.269 e. The normalized spacial score (nSPS) is 24.0. The number of piperidine rings is 1. The van der Waals surface area contributed by atoms with Gasteiger partial charge in [-0.2, -0.15) is 0 Å². The molecule has 156 valence electrons. The Morgan fingerprint density at radius 2 is 1.73 bits per heavy atom. The third kappa shape index (κ3) is 2.91. The molecule has 2 fully saturated rings. The summed E-state index contributed by atoms with van der Waals surface area (Å²) in [6.45, 7) is 2.59. The predicted octanol–water partition coefficient (Wildman–Crippen LogP) is 3.42. The van der Waals surface area contributed by atoms with Gasteiger partial charge in [-0.1, -0.05) is 24.6 Å². The van der Waals surface area contributed by atoms with Gasteiger partial charge in [0.25, 0.3) is 5.91 Å². The van der Waals surface area contributed by atoms with Crippen LogP contribution in [0.25, 0.3) is 0 Å². The lowest BCUT2D eigenvalue weighted by atomic mass is 10.0. The minimum Gasteiger partial charge on any atom is -0.497 e. The summed E-state index contributed by atoms with van der Waals surface area (Å²) in [5, 5.41) is 0. The number of hydrogen-bond acceptors (Lipinski definition) is 5. The third-order valence-electron chi connectivity index (χ3n) is 6.18. The summed E-state index contributed by atoms with van der Waals surface area (Å²) in [7, 11) is 1.61. The molecule has 1 spiro atoms. The number of thioether (sulfide) groups is 1. The molecule has 7 heteroatoms. The molecule has 5 rings (SSSR count). The van der Waals surface area contributed by atoms with E-state index in [0.29, 0.717) is 12.4 Å². The number of rotatable bonds is 4. The average Bonchev–Trinajstić information content (AvgIpc) is 3.26. The monoisotopic (exact) mass is 423 g/mol. The van der Waals surface area contributed by atoms with Crippen molar-refractivity contribution in [1.29, 1.82) is 0 Å². The van der Waals surface area contributed by atoms with Crippen LogP contribution in [-0.4, -0.2) is 49.3 Å². The van der Waals surface area contributed by atoms with Gasteiger partial charge in [-0.3, -0.25) is 24.3 Å². The van der Waals surface area contributed by atoms with Crippen molar-refractivity contribution >= 4 is 35.0 Å². The molecule has 0 saturated carbocycles. The Morgan fingerprint density at radius 3 is 2.47 bits per heavy atom. The summed E-state index contributed by atoms with van der Waals surface area (Å²) in [6, 6.07) is 15.3. The van der Waals surface area contributed by atoms with Crippen LogP contribution in [0.1, 0.15) is 24.8 Å². The number of carbonyl (C=O) groups excluding carboxylic acids is 2. The number of nitrogens with zero attached hydrogens (tertiary/aromatic N) is 3. The highest BCUT2D eigenvalue weighted by Crippen LogP contribution is 2.55. The van der Waals surface area contributed by atoms with Crippen molar-refractivity contribution < 1.29 is 14.3 Å². The quantitative estimate of drug-likeness (QED) is 0.754. The molecule has 0 radical (unpaired) electrons. The van der Waals surface area contributed by atoms with Crippen LogP contribution in [0.4, 0.5) is 11.4 Å². The molecule has 2 aromatic carbocycles. The third-order valence-corrected chi connectivity index (χ3v) is 7.57. The largest absolute Gasteiger partial charge is 0.497 e. The summed E-state index contributed by atoms with van der Waals surface area (Å²) < 4.78 is 5.27. The van der Waals surface area contributed by atoms with Crippen molar-refractivity contribution in [2.75, 3.05) is 42.4 Å². The van der Waals surface area contributed by atoms with Crippen molar-refractivity contribution in [2.24, 2.45) is 0 Å². The van der Waals surface area contributed by atoms with E-state index in [1.54, 1.807) is 12.0 Å². The molecular weight excluding hydrogens is 398 g/mol. The molecule has 0 aromatic heterocycles. The van der Waals surface area contributed by atoms with E-state index in [1.807, 2.05) is 53.4 Å². The summed E-state index contributed by atoms with van der Waals surface area (Å²) in [6.07, 6.45) is 3.58. The first-order valence-corrected chi connectivity index (χ1v) is 11.4. The lowest BCUT2D eigenvalue weighted by Crippen LogP contribution is -2.52. The SMILES string of the molecule is COc1ccc(N2C(=O)CS[C@]23C(=O)N(CN2CCCCC2)c2ccccc23)cc1. The highest BCUT2D eigenvalue weighted by atomic mass is 32.2. The molecule has 2 aromatic rings. The molecule has 3 aliphatic rings. The van der Waals surface area contributed by atoms with Gasteiger partial charge in [0.15, 0.2) is 0 Å². The number of ether oxygens (including phenoxy) is 1. The van der Waals surface area contributed by atoms with Crippen LogP contribution in [0.2, 0.25) is 0 Å². The number of methoxy groups -OCH3 is 1. The molecule has 3 heterocycles. The number of fused-ring (bicyclic) bond motifs is 2. The van der Waals surface area contributed by atoms with Crippen molar-refractivity contribution in [3.63, 3.8) is 0 Å². The maximum atomic E-state index is 14.0. The Bertz CT molecular complexity index is 974. The Kier molecular flexibility index (Phi) is 4.95. The molecule has 2 saturated heterocycles. The van der Waals surface area contributed by atoms with E-state index in [4.69, 9.17) is 4.74 Å². The van der Waals surface area contributed by atoms with Gasteiger partial charge in [0.05, 0.1) is 25.2 Å². The van der Waals surface area contributed by atoms with E-state index in [0.717, 1.165) is 30.1 Å². The molecule has 1 atom stereocenters. The molecule has 0 unspecified atom stereocenters. The van der Waals surface area contributed by atoms with E-state index in [9.17, 15) is 9.59 Å². The number of carbonyl (C=O) groups is 2. The van der Waals surface area contributed by atoms with Gasteiger partial charge in [0, 0.05) is 11.3 Å². The topological polar surface area (TPSA) is 53.1 Å². The molecule has 0 N–H and O–H groups in total. The second-order valence-corrected chi connectivity index (χ2v) is 9.10. The summed E-state index contributed by atoms with van der Waals surface area (Å²) in [5.41, 5.74) is 2.53. The van der Waals surface area contributed by atoms with Crippen molar-refractivity contribution in [2.45, 2.75) is 24.1 Å². The minimum atomic E-state index is -1.04. The predicted molar refractivity (Wildman–Crippen MR) is 119 cm³/mol. The summed E-state index contributed by atoms with van der Waals surface area (Å²) in [5.74, 6) is 0.926. The van der Waals surface area contributed by atoms with Crippen LogP contribution in [0.5, 0.6) is 5.75 Å². The summed E-state index contributed by atoms with van der Waals surface area (Å²) >= 11 is 1.43. The Balaban J connectivity index is 1.57. The van der Waals surface area contributed by atoms with Crippen molar-refractivity contribution in [3.8, 4) is 5.75 Å². The van der Waals surface area contributed by atoms with Crippen LogP contribution >= 0.6 is 11.8 Å². The lowest BCUT2D eigenvalue weighted by molar-refractivity contribution is -0.124. The van der Waals surface area contributed by atoms with Gasteiger partial charge in [0.2, 0.25) is 10.8 Å². The van der Waals surface area contributed by atoms with Crippen LogP contribution < -0.4 is 14.5 Å². The number of amides is 2. The Hall–Kier alpha value is -2.51. The standard InChI is InChI=1S/C23H25N3O3S/c1-29-18-11-9-17(10-12-18)26-21(27)15-30-23(26)19-7-3-4-8-20(19)25(22(23)28)16-24-13-5-2-6-14-24/h3-4,7-12H,2,5-6,13-16H2,1H3/t23-/m1/s1. The maximum absolute atomic E-state index is 14.0. The van der Waals surface area contributed by atoms with Crippen LogP contribution in [0, 0.1) is 0 Å².